The average molecular weight is 189 g/mol. The molecule has 1 aliphatic rings. The molecule has 0 heterocycles. The zero-order chi connectivity index (χ0) is 9.97. The standard InChI is InChI=1S/C12H15NO/c1-2-13-11-6-5-10(8-14)12(7-11)9-3-4-9/h5-9,13H,2-4H2,1H3. The summed E-state index contributed by atoms with van der Waals surface area (Å²) < 4.78 is 0. The molecule has 74 valence electrons. The molecule has 1 fully saturated rings. The monoisotopic (exact) mass is 189 g/mol. The van der Waals surface area contributed by atoms with Gasteiger partial charge in [-0.1, -0.05) is 0 Å². The van der Waals surface area contributed by atoms with E-state index < -0.39 is 0 Å². The molecular formula is C12H15NO. The molecule has 1 aromatic carbocycles. The Bertz CT molecular complexity index is 342. The molecular weight excluding hydrogens is 174 g/mol. The minimum atomic E-state index is 0.633. The summed E-state index contributed by atoms with van der Waals surface area (Å²) in [6.07, 6.45) is 3.43. The quantitative estimate of drug-likeness (QED) is 0.738. The van der Waals surface area contributed by atoms with Crippen molar-refractivity contribution >= 4 is 12.0 Å². The van der Waals surface area contributed by atoms with Crippen LogP contribution >= 0.6 is 0 Å². The van der Waals surface area contributed by atoms with E-state index >= 15 is 0 Å². The number of anilines is 1. The van der Waals surface area contributed by atoms with E-state index in [-0.39, 0.29) is 0 Å². The Morgan fingerprint density at radius 3 is 2.86 bits per heavy atom. The maximum atomic E-state index is 10.8. The minimum absolute atomic E-state index is 0.633. The molecule has 1 aliphatic carbocycles. The van der Waals surface area contributed by atoms with Crippen LogP contribution in [0.3, 0.4) is 0 Å². The van der Waals surface area contributed by atoms with E-state index in [1.54, 1.807) is 0 Å². The molecule has 0 aromatic heterocycles. The van der Waals surface area contributed by atoms with Crippen molar-refractivity contribution in [3.8, 4) is 0 Å². The van der Waals surface area contributed by atoms with Gasteiger partial charge in [-0.2, -0.15) is 0 Å². The third kappa shape index (κ3) is 1.79. The van der Waals surface area contributed by atoms with Crippen molar-refractivity contribution in [3.05, 3.63) is 29.3 Å². The number of carbonyl (C=O) groups excluding carboxylic acids is 1. The van der Waals surface area contributed by atoms with Gasteiger partial charge in [0.1, 0.15) is 6.29 Å². The van der Waals surface area contributed by atoms with E-state index in [1.165, 1.54) is 18.4 Å². The highest BCUT2D eigenvalue weighted by Crippen LogP contribution is 2.42. The summed E-state index contributed by atoms with van der Waals surface area (Å²) in [7, 11) is 0. The van der Waals surface area contributed by atoms with Gasteiger partial charge in [0.05, 0.1) is 0 Å². The van der Waals surface area contributed by atoms with Crippen LogP contribution in [0.1, 0.15) is 41.6 Å². The van der Waals surface area contributed by atoms with Crippen LogP contribution in [0, 0.1) is 0 Å². The lowest BCUT2D eigenvalue weighted by Gasteiger charge is -2.07. The molecule has 0 unspecified atom stereocenters. The molecule has 14 heavy (non-hydrogen) atoms. The number of hydrogen-bond acceptors (Lipinski definition) is 2. The second kappa shape index (κ2) is 3.82. The first kappa shape index (κ1) is 9.25. The first-order chi connectivity index (χ1) is 6.85. The normalized spacial score (nSPS) is 15.2. The Balaban J connectivity index is 2.31. The lowest BCUT2D eigenvalue weighted by molar-refractivity contribution is 0.112. The van der Waals surface area contributed by atoms with E-state index in [0.717, 1.165) is 24.1 Å². The molecule has 2 heteroatoms. The van der Waals surface area contributed by atoms with Gasteiger partial charge in [0, 0.05) is 17.8 Å². The van der Waals surface area contributed by atoms with E-state index in [1.807, 2.05) is 12.1 Å². The summed E-state index contributed by atoms with van der Waals surface area (Å²) in [5.74, 6) is 0.633. The molecule has 1 N–H and O–H groups in total. The van der Waals surface area contributed by atoms with Gasteiger partial charge >= 0.3 is 0 Å². The van der Waals surface area contributed by atoms with Crippen molar-refractivity contribution in [2.45, 2.75) is 25.7 Å². The van der Waals surface area contributed by atoms with Crippen molar-refractivity contribution in [1.82, 2.24) is 0 Å². The van der Waals surface area contributed by atoms with Crippen LogP contribution in [0.4, 0.5) is 5.69 Å². The lowest BCUT2D eigenvalue weighted by Crippen LogP contribution is -1.98. The Morgan fingerprint density at radius 1 is 1.50 bits per heavy atom. The summed E-state index contributed by atoms with van der Waals surface area (Å²) in [4.78, 5) is 10.8. The van der Waals surface area contributed by atoms with Crippen LogP contribution in [0.2, 0.25) is 0 Å². The first-order valence-corrected chi connectivity index (χ1v) is 5.18. The van der Waals surface area contributed by atoms with Crippen molar-refractivity contribution in [2.75, 3.05) is 11.9 Å². The highest BCUT2D eigenvalue weighted by atomic mass is 16.1. The predicted octanol–water partition coefficient (Wildman–Crippen LogP) is 2.81. The molecule has 1 saturated carbocycles. The van der Waals surface area contributed by atoms with Gasteiger partial charge in [-0.05, 0) is 49.4 Å². The smallest absolute Gasteiger partial charge is 0.150 e. The number of benzene rings is 1. The third-order valence-corrected chi connectivity index (χ3v) is 2.61. The number of nitrogens with one attached hydrogen (secondary N) is 1. The van der Waals surface area contributed by atoms with Crippen LogP contribution < -0.4 is 5.32 Å². The van der Waals surface area contributed by atoms with Crippen molar-refractivity contribution in [2.24, 2.45) is 0 Å². The summed E-state index contributed by atoms with van der Waals surface area (Å²) in [6, 6.07) is 6.00. The fraction of sp³-hybridized carbons (Fsp3) is 0.417. The van der Waals surface area contributed by atoms with Gasteiger partial charge in [0.2, 0.25) is 0 Å². The summed E-state index contributed by atoms with van der Waals surface area (Å²) >= 11 is 0. The molecule has 0 radical (unpaired) electrons. The first-order valence-electron chi connectivity index (χ1n) is 5.18. The SMILES string of the molecule is CCNc1ccc(C=O)c(C2CC2)c1. The van der Waals surface area contributed by atoms with Crippen molar-refractivity contribution < 1.29 is 4.79 Å². The Hall–Kier alpha value is -1.31. The number of carbonyl (C=O) groups is 1. The Morgan fingerprint density at radius 2 is 2.29 bits per heavy atom. The highest BCUT2D eigenvalue weighted by Gasteiger charge is 2.25. The van der Waals surface area contributed by atoms with Gasteiger partial charge in [-0.25, -0.2) is 0 Å². The van der Waals surface area contributed by atoms with Crippen LogP contribution in [0.25, 0.3) is 0 Å². The average Bonchev–Trinajstić information content (AvgIpc) is 3.01. The Labute approximate surface area is 84.3 Å². The Kier molecular flexibility index (Phi) is 2.53. The molecule has 2 rings (SSSR count). The summed E-state index contributed by atoms with van der Waals surface area (Å²) in [5, 5.41) is 3.27. The lowest BCUT2D eigenvalue weighted by atomic mass is 10.0. The maximum absolute atomic E-state index is 10.8. The molecule has 0 spiro atoms. The number of aldehydes is 1. The predicted molar refractivity (Wildman–Crippen MR) is 58.0 cm³/mol. The van der Waals surface area contributed by atoms with Crippen LogP contribution in [0.15, 0.2) is 18.2 Å². The largest absolute Gasteiger partial charge is 0.385 e. The van der Waals surface area contributed by atoms with E-state index in [2.05, 4.69) is 18.3 Å². The van der Waals surface area contributed by atoms with Gasteiger partial charge in [0.25, 0.3) is 0 Å². The fourth-order valence-corrected chi connectivity index (χ4v) is 1.74. The van der Waals surface area contributed by atoms with E-state index in [0.29, 0.717) is 5.92 Å². The second-order valence-electron chi connectivity index (χ2n) is 3.77. The molecule has 1 aromatic rings. The van der Waals surface area contributed by atoms with Crippen LogP contribution in [-0.4, -0.2) is 12.8 Å². The van der Waals surface area contributed by atoms with Gasteiger partial charge in [-0.15, -0.1) is 0 Å². The minimum Gasteiger partial charge on any atom is -0.385 e. The van der Waals surface area contributed by atoms with Crippen molar-refractivity contribution in [3.63, 3.8) is 0 Å². The molecule has 0 bridgehead atoms. The summed E-state index contributed by atoms with van der Waals surface area (Å²) in [6.45, 7) is 3.00. The second-order valence-corrected chi connectivity index (χ2v) is 3.77. The van der Waals surface area contributed by atoms with Crippen LogP contribution in [0.5, 0.6) is 0 Å². The van der Waals surface area contributed by atoms with E-state index in [4.69, 9.17) is 0 Å². The topological polar surface area (TPSA) is 29.1 Å². The molecule has 0 aliphatic heterocycles. The number of rotatable bonds is 4. The zero-order valence-corrected chi connectivity index (χ0v) is 8.42. The van der Waals surface area contributed by atoms with E-state index in [9.17, 15) is 4.79 Å². The van der Waals surface area contributed by atoms with Gasteiger partial charge in [-0.3, -0.25) is 4.79 Å². The van der Waals surface area contributed by atoms with Crippen LogP contribution in [-0.2, 0) is 0 Å². The molecule has 0 amide bonds. The highest BCUT2D eigenvalue weighted by molar-refractivity contribution is 5.79. The number of hydrogen-bond donors (Lipinski definition) is 1. The molecule has 0 atom stereocenters. The zero-order valence-electron chi connectivity index (χ0n) is 8.42. The fourth-order valence-electron chi connectivity index (χ4n) is 1.74. The summed E-state index contributed by atoms with van der Waals surface area (Å²) in [5.41, 5.74) is 3.20. The van der Waals surface area contributed by atoms with Gasteiger partial charge in [0.15, 0.2) is 0 Å². The molecule has 0 saturated heterocycles. The van der Waals surface area contributed by atoms with Crippen molar-refractivity contribution in [1.29, 1.82) is 0 Å². The third-order valence-electron chi connectivity index (χ3n) is 2.61. The maximum Gasteiger partial charge on any atom is 0.150 e. The molecule has 2 nitrogen and oxygen atoms in total. The van der Waals surface area contributed by atoms with Gasteiger partial charge < -0.3 is 5.32 Å².